The van der Waals surface area contributed by atoms with E-state index in [0.29, 0.717) is 18.2 Å². The van der Waals surface area contributed by atoms with Crippen LogP contribution in [0.4, 0.5) is 0 Å². The molecular weight excluding hydrogens is 366 g/mol. The fraction of sp³-hybridized carbons (Fsp3) is 0.348. The molecule has 1 amide bonds. The third-order valence-electron chi connectivity index (χ3n) is 5.67. The van der Waals surface area contributed by atoms with Gasteiger partial charge in [0.2, 0.25) is 0 Å². The maximum atomic E-state index is 13.1. The monoisotopic (exact) mass is 391 g/mol. The highest BCUT2D eigenvalue weighted by molar-refractivity contribution is 6.05. The Hall–Kier alpha value is -3.15. The molecule has 4 rings (SSSR count). The highest BCUT2D eigenvalue weighted by atomic mass is 16.4. The fourth-order valence-corrected chi connectivity index (χ4v) is 4.10. The van der Waals surface area contributed by atoms with E-state index in [0.717, 1.165) is 23.0 Å². The van der Waals surface area contributed by atoms with Crippen LogP contribution < -0.4 is 5.32 Å². The fourth-order valence-electron chi connectivity index (χ4n) is 4.10. The van der Waals surface area contributed by atoms with Crippen LogP contribution in [-0.2, 0) is 13.1 Å². The minimum atomic E-state index is -0.960. The van der Waals surface area contributed by atoms with Crippen molar-refractivity contribution in [2.45, 2.75) is 45.2 Å². The minimum absolute atomic E-state index is 0.156. The van der Waals surface area contributed by atoms with Crippen molar-refractivity contribution in [2.24, 2.45) is 5.92 Å². The number of benzene rings is 2. The van der Waals surface area contributed by atoms with Crippen molar-refractivity contribution in [1.29, 1.82) is 0 Å². The molecule has 0 aliphatic heterocycles. The van der Waals surface area contributed by atoms with Gasteiger partial charge >= 0.3 is 5.97 Å². The standard InChI is InChI=1S/C23H25N3O3/c27-22(24-14-16-10-12-18(13-11-16)23(28)29)21-19-8-4-5-9-20(19)25-26(21)15-17-6-2-1-3-7-17/h4-5,8-13,17H,1-3,6-7,14-15H2,(H,24,27)(H,28,29). The average molecular weight is 391 g/mol. The predicted octanol–water partition coefficient (Wildman–Crippen LogP) is 4.24. The SMILES string of the molecule is O=C(O)c1ccc(CNC(=O)c2c3ccccc3nn2CC2CCCCC2)cc1. The zero-order valence-corrected chi connectivity index (χ0v) is 16.3. The molecule has 1 heterocycles. The van der Waals surface area contributed by atoms with Crippen LogP contribution in [0.25, 0.3) is 10.9 Å². The number of rotatable bonds is 6. The molecule has 0 bridgehead atoms. The lowest BCUT2D eigenvalue weighted by Crippen LogP contribution is -2.27. The van der Waals surface area contributed by atoms with Crippen LogP contribution in [0.2, 0.25) is 0 Å². The van der Waals surface area contributed by atoms with Gasteiger partial charge in [-0.15, -0.1) is 0 Å². The summed E-state index contributed by atoms with van der Waals surface area (Å²) in [6.07, 6.45) is 6.17. The van der Waals surface area contributed by atoms with Gasteiger partial charge in [-0.2, -0.15) is 5.10 Å². The van der Waals surface area contributed by atoms with Crippen LogP contribution in [0, 0.1) is 5.92 Å². The number of carboxylic acid groups (broad SMARTS) is 1. The molecule has 150 valence electrons. The van der Waals surface area contributed by atoms with Gasteiger partial charge in [0.25, 0.3) is 5.91 Å². The Labute approximate surface area is 169 Å². The van der Waals surface area contributed by atoms with Gasteiger partial charge in [-0.1, -0.05) is 49.6 Å². The summed E-state index contributed by atoms with van der Waals surface area (Å²) in [7, 11) is 0. The number of aromatic carboxylic acids is 1. The summed E-state index contributed by atoms with van der Waals surface area (Å²) < 4.78 is 1.88. The van der Waals surface area contributed by atoms with Gasteiger partial charge in [0, 0.05) is 18.5 Å². The van der Waals surface area contributed by atoms with Crippen molar-refractivity contribution in [1.82, 2.24) is 15.1 Å². The Morgan fingerprint density at radius 3 is 2.48 bits per heavy atom. The number of carboxylic acids is 1. The molecule has 6 heteroatoms. The molecule has 0 spiro atoms. The summed E-state index contributed by atoms with van der Waals surface area (Å²) in [5, 5.41) is 17.5. The molecule has 1 saturated carbocycles. The lowest BCUT2D eigenvalue weighted by molar-refractivity contribution is 0.0696. The number of fused-ring (bicyclic) bond motifs is 1. The second-order valence-electron chi connectivity index (χ2n) is 7.74. The number of aromatic nitrogens is 2. The Balaban J connectivity index is 1.53. The Morgan fingerprint density at radius 1 is 1.03 bits per heavy atom. The van der Waals surface area contributed by atoms with Gasteiger partial charge in [-0.3, -0.25) is 9.48 Å². The second-order valence-corrected chi connectivity index (χ2v) is 7.74. The first kappa shape index (κ1) is 19.2. The van der Waals surface area contributed by atoms with Gasteiger partial charge in [0.05, 0.1) is 11.1 Å². The van der Waals surface area contributed by atoms with Crippen molar-refractivity contribution in [2.75, 3.05) is 0 Å². The molecule has 0 radical (unpaired) electrons. The molecule has 2 aromatic carbocycles. The van der Waals surface area contributed by atoms with Crippen LogP contribution in [0.5, 0.6) is 0 Å². The Kier molecular flexibility index (Phi) is 5.60. The van der Waals surface area contributed by atoms with E-state index >= 15 is 0 Å². The maximum Gasteiger partial charge on any atom is 0.335 e. The number of hydrogen-bond donors (Lipinski definition) is 2. The molecule has 1 fully saturated rings. The van der Waals surface area contributed by atoms with Crippen LogP contribution >= 0.6 is 0 Å². The summed E-state index contributed by atoms with van der Waals surface area (Å²) in [6, 6.07) is 14.3. The van der Waals surface area contributed by atoms with Crippen molar-refractivity contribution in [3.8, 4) is 0 Å². The first-order valence-electron chi connectivity index (χ1n) is 10.2. The normalized spacial score (nSPS) is 14.8. The van der Waals surface area contributed by atoms with E-state index in [1.807, 2.05) is 28.9 Å². The molecule has 0 saturated heterocycles. The number of nitrogens with zero attached hydrogens (tertiary/aromatic N) is 2. The third-order valence-corrected chi connectivity index (χ3v) is 5.67. The summed E-state index contributed by atoms with van der Waals surface area (Å²) in [6.45, 7) is 1.10. The lowest BCUT2D eigenvalue weighted by atomic mass is 9.89. The topological polar surface area (TPSA) is 84.2 Å². The predicted molar refractivity (Wildman–Crippen MR) is 111 cm³/mol. The lowest BCUT2D eigenvalue weighted by Gasteiger charge is -2.22. The van der Waals surface area contributed by atoms with E-state index in [1.165, 1.54) is 32.1 Å². The van der Waals surface area contributed by atoms with E-state index in [9.17, 15) is 9.59 Å². The zero-order chi connectivity index (χ0) is 20.2. The van der Waals surface area contributed by atoms with Crippen molar-refractivity contribution < 1.29 is 14.7 Å². The molecule has 0 atom stereocenters. The molecule has 0 unspecified atom stereocenters. The number of carbonyl (C=O) groups is 2. The van der Waals surface area contributed by atoms with E-state index in [1.54, 1.807) is 24.3 Å². The first-order valence-corrected chi connectivity index (χ1v) is 10.2. The zero-order valence-electron chi connectivity index (χ0n) is 16.3. The molecule has 6 nitrogen and oxygen atoms in total. The number of nitrogens with one attached hydrogen (secondary N) is 1. The largest absolute Gasteiger partial charge is 0.478 e. The van der Waals surface area contributed by atoms with Gasteiger partial charge < -0.3 is 10.4 Å². The van der Waals surface area contributed by atoms with Crippen LogP contribution in [0.3, 0.4) is 0 Å². The van der Waals surface area contributed by atoms with Crippen LogP contribution in [0.15, 0.2) is 48.5 Å². The van der Waals surface area contributed by atoms with Crippen molar-refractivity contribution >= 4 is 22.8 Å². The summed E-state index contributed by atoms with van der Waals surface area (Å²) in [5.41, 5.74) is 2.52. The molecule has 3 aromatic rings. The maximum absolute atomic E-state index is 13.1. The van der Waals surface area contributed by atoms with Gasteiger partial charge in [-0.05, 0) is 42.5 Å². The smallest absolute Gasteiger partial charge is 0.335 e. The third kappa shape index (κ3) is 4.31. The van der Waals surface area contributed by atoms with E-state index in [2.05, 4.69) is 5.32 Å². The van der Waals surface area contributed by atoms with E-state index < -0.39 is 5.97 Å². The Morgan fingerprint density at radius 2 is 1.76 bits per heavy atom. The number of hydrogen-bond acceptors (Lipinski definition) is 3. The molecule has 1 aliphatic carbocycles. The highest BCUT2D eigenvalue weighted by Crippen LogP contribution is 2.27. The Bertz CT molecular complexity index is 1020. The molecule has 29 heavy (non-hydrogen) atoms. The average Bonchev–Trinajstić information content (AvgIpc) is 3.11. The van der Waals surface area contributed by atoms with Gasteiger partial charge in [-0.25, -0.2) is 4.79 Å². The molecule has 1 aliphatic rings. The van der Waals surface area contributed by atoms with Crippen LogP contribution in [-0.4, -0.2) is 26.8 Å². The van der Waals surface area contributed by atoms with E-state index in [4.69, 9.17) is 10.2 Å². The number of amides is 1. The molecule has 1 aromatic heterocycles. The highest BCUT2D eigenvalue weighted by Gasteiger charge is 2.22. The second kappa shape index (κ2) is 8.47. The summed E-state index contributed by atoms with van der Waals surface area (Å²) in [4.78, 5) is 24.0. The van der Waals surface area contributed by atoms with E-state index in [-0.39, 0.29) is 11.5 Å². The first-order chi connectivity index (χ1) is 14.1. The summed E-state index contributed by atoms with van der Waals surface area (Å²) in [5.74, 6) is -0.552. The van der Waals surface area contributed by atoms with Crippen molar-refractivity contribution in [3.63, 3.8) is 0 Å². The molecule has 2 N–H and O–H groups in total. The quantitative estimate of drug-likeness (QED) is 0.658. The van der Waals surface area contributed by atoms with Crippen molar-refractivity contribution in [3.05, 3.63) is 65.4 Å². The van der Waals surface area contributed by atoms with Gasteiger partial charge in [0.15, 0.2) is 0 Å². The van der Waals surface area contributed by atoms with Crippen LogP contribution in [0.1, 0.15) is 58.5 Å². The minimum Gasteiger partial charge on any atom is -0.478 e. The number of carbonyl (C=O) groups excluding carboxylic acids is 1. The van der Waals surface area contributed by atoms with Gasteiger partial charge in [0.1, 0.15) is 5.69 Å². The summed E-state index contributed by atoms with van der Waals surface area (Å²) >= 11 is 0. The molecular formula is C23H25N3O3.